The summed E-state index contributed by atoms with van der Waals surface area (Å²) in [7, 11) is 0. The van der Waals surface area contributed by atoms with E-state index >= 15 is 0 Å². The first-order valence-corrected chi connectivity index (χ1v) is 6.24. The number of hydrogen-bond donors (Lipinski definition) is 0. The van der Waals surface area contributed by atoms with E-state index < -0.39 is 0 Å². The summed E-state index contributed by atoms with van der Waals surface area (Å²) < 4.78 is 23.8. The van der Waals surface area contributed by atoms with Crippen LogP contribution in [0.2, 0.25) is 0 Å². The second kappa shape index (κ2) is 6.53. The molecule has 96 valence electrons. The molecule has 1 aromatic carbocycles. The highest BCUT2D eigenvalue weighted by atomic mass is 19.1. The first-order valence-electron chi connectivity index (χ1n) is 6.24. The van der Waals surface area contributed by atoms with Crippen LogP contribution in [0.3, 0.4) is 0 Å². The summed E-state index contributed by atoms with van der Waals surface area (Å²) in [4.78, 5) is 0. The van der Waals surface area contributed by atoms with Crippen molar-refractivity contribution < 1.29 is 13.9 Å². The summed E-state index contributed by atoms with van der Waals surface area (Å²) in [5.74, 6) is 5.69. The van der Waals surface area contributed by atoms with Crippen LogP contribution in [0.15, 0.2) is 18.2 Å². The second-order valence-electron chi connectivity index (χ2n) is 4.37. The van der Waals surface area contributed by atoms with Gasteiger partial charge in [-0.05, 0) is 49.9 Å². The molecule has 2 rings (SSSR count). The average Bonchev–Trinajstić information content (AvgIpc) is 2.38. The molecule has 1 heterocycles. The lowest BCUT2D eigenvalue weighted by atomic mass is 10.1. The van der Waals surface area contributed by atoms with Crippen LogP contribution < -0.4 is 0 Å². The van der Waals surface area contributed by atoms with E-state index in [2.05, 4.69) is 11.8 Å². The Kier molecular flexibility index (Phi) is 4.74. The maximum atomic E-state index is 12.9. The molecule has 1 aliphatic rings. The fourth-order valence-electron chi connectivity index (χ4n) is 1.88. The predicted molar refractivity (Wildman–Crippen MR) is 67.6 cm³/mol. The van der Waals surface area contributed by atoms with Crippen LogP contribution in [0.4, 0.5) is 4.39 Å². The summed E-state index contributed by atoms with van der Waals surface area (Å²) in [6.45, 7) is 2.97. The van der Waals surface area contributed by atoms with Gasteiger partial charge in [-0.25, -0.2) is 4.39 Å². The van der Waals surface area contributed by atoms with E-state index in [0.29, 0.717) is 6.61 Å². The SMILES string of the molecule is Cc1cc(F)ccc1C#CCOC1CCCCO1. The molecule has 3 heteroatoms. The molecule has 0 bridgehead atoms. The van der Waals surface area contributed by atoms with E-state index in [4.69, 9.17) is 9.47 Å². The maximum absolute atomic E-state index is 12.9. The second-order valence-corrected chi connectivity index (χ2v) is 4.37. The van der Waals surface area contributed by atoms with Crippen molar-refractivity contribution in [2.24, 2.45) is 0 Å². The van der Waals surface area contributed by atoms with Crippen LogP contribution in [0.25, 0.3) is 0 Å². The van der Waals surface area contributed by atoms with Crippen molar-refractivity contribution in [1.29, 1.82) is 0 Å². The highest BCUT2D eigenvalue weighted by Gasteiger charge is 2.12. The molecule has 1 aliphatic heterocycles. The lowest BCUT2D eigenvalue weighted by Crippen LogP contribution is -2.22. The van der Waals surface area contributed by atoms with Gasteiger partial charge < -0.3 is 9.47 Å². The fourth-order valence-corrected chi connectivity index (χ4v) is 1.88. The van der Waals surface area contributed by atoms with Gasteiger partial charge in [-0.15, -0.1) is 0 Å². The molecule has 18 heavy (non-hydrogen) atoms. The van der Waals surface area contributed by atoms with E-state index in [0.717, 1.165) is 37.0 Å². The Balaban J connectivity index is 1.84. The molecule has 0 N–H and O–H groups in total. The van der Waals surface area contributed by atoms with Crippen molar-refractivity contribution in [2.45, 2.75) is 32.5 Å². The van der Waals surface area contributed by atoms with Crippen LogP contribution in [0.5, 0.6) is 0 Å². The zero-order valence-electron chi connectivity index (χ0n) is 10.5. The predicted octanol–water partition coefficient (Wildman–Crippen LogP) is 3.03. The van der Waals surface area contributed by atoms with Crippen LogP contribution in [0.1, 0.15) is 30.4 Å². The normalized spacial score (nSPS) is 19.1. The van der Waals surface area contributed by atoms with Gasteiger partial charge in [0.2, 0.25) is 0 Å². The molecule has 1 fully saturated rings. The zero-order valence-corrected chi connectivity index (χ0v) is 10.5. The Morgan fingerprint density at radius 1 is 1.44 bits per heavy atom. The van der Waals surface area contributed by atoms with Crippen molar-refractivity contribution >= 4 is 0 Å². The van der Waals surface area contributed by atoms with Crippen molar-refractivity contribution in [3.8, 4) is 11.8 Å². The van der Waals surface area contributed by atoms with Gasteiger partial charge in [-0.2, -0.15) is 0 Å². The van der Waals surface area contributed by atoms with Crippen LogP contribution in [-0.4, -0.2) is 19.5 Å². The van der Waals surface area contributed by atoms with Gasteiger partial charge in [0.1, 0.15) is 12.4 Å². The molecule has 0 aliphatic carbocycles. The number of halogens is 1. The van der Waals surface area contributed by atoms with Crippen LogP contribution in [0, 0.1) is 24.6 Å². The molecule has 1 aromatic rings. The molecule has 0 amide bonds. The van der Waals surface area contributed by atoms with Gasteiger partial charge in [0.25, 0.3) is 0 Å². The van der Waals surface area contributed by atoms with Crippen LogP contribution in [-0.2, 0) is 9.47 Å². The Labute approximate surface area is 107 Å². The van der Waals surface area contributed by atoms with E-state index in [1.807, 2.05) is 6.92 Å². The summed E-state index contributed by atoms with van der Waals surface area (Å²) in [5, 5.41) is 0. The number of hydrogen-bond acceptors (Lipinski definition) is 2. The number of ether oxygens (including phenoxy) is 2. The highest BCUT2D eigenvalue weighted by Crippen LogP contribution is 2.13. The third-order valence-electron chi connectivity index (χ3n) is 2.89. The minimum absolute atomic E-state index is 0.109. The highest BCUT2D eigenvalue weighted by molar-refractivity contribution is 5.40. The van der Waals surface area contributed by atoms with E-state index in [-0.39, 0.29) is 12.1 Å². The first-order chi connectivity index (χ1) is 8.75. The number of rotatable bonds is 2. The lowest BCUT2D eigenvalue weighted by molar-refractivity contribution is -0.154. The largest absolute Gasteiger partial charge is 0.353 e. The monoisotopic (exact) mass is 248 g/mol. The number of benzene rings is 1. The average molecular weight is 248 g/mol. The van der Waals surface area contributed by atoms with E-state index in [1.165, 1.54) is 12.1 Å². The van der Waals surface area contributed by atoms with Crippen LogP contribution >= 0.6 is 0 Å². The molecule has 1 saturated heterocycles. The Hall–Kier alpha value is -1.37. The molecular weight excluding hydrogens is 231 g/mol. The lowest BCUT2D eigenvalue weighted by Gasteiger charge is -2.21. The Morgan fingerprint density at radius 3 is 3.06 bits per heavy atom. The molecule has 0 radical (unpaired) electrons. The maximum Gasteiger partial charge on any atom is 0.158 e. The third-order valence-corrected chi connectivity index (χ3v) is 2.89. The Morgan fingerprint density at radius 2 is 2.33 bits per heavy atom. The van der Waals surface area contributed by atoms with Crippen molar-refractivity contribution in [3.63, 3.8) is 0 Å². The molecule has 0 spiro atoms. The zero-order chi connectivity index (χ0) is 12.8. The standard InChI is InChI=1S/C15H17FO2/c1-12-11-14(16)8-7-13(12)5-4-10-18-15-6-2-3-9-17-15/h7-8,11,15H,2-3,6,9-10H2,1H3. The third kappa shape index (κ3) is 3.83. The summed E-state index contributed by atoms with van der Waals surface area (Å²) >= 11 is 0. The molecule has 1 unspecified atom stereocenters. The van der Waals surface area contributed by atoms with Gasteiger partial charge in [-0.3, -0.25) is 0 Å². The van der Waals surface area contributed by atoms with Gasteiger partial charge in [-0.1, -0.05) is 11.8 Å². The molecular formula is C15H17FO2. The Bertz CT molecular complexity index is 453. The minimum atomic E-state index is -0.232. The quantitative estimate of drug-likeness (QED) is 0.749. The van der Waals surface area contributed by atoms with Gasteiger partial charge in [0.15, 0.2) is 6.29 Å². The topological polar surface area (TPSA) is 18.5 Å². The molecule has 0 aromatic heterocycles. The van der Waals surface area contributed by atoms with Crippen molar-refractivity contribution in [2.75, 3.05) is 13.2 Å². The number of aryl methyl sites for hydroxylation is 1. The van der Waals surface area contributed by atoms with E-state index in [1.54, 1.807) is 6.07 Å². The minimum Gasteiger partial charge on any atom is -0.353 e. The summed E-state index contributed by atoms with van der Waals surface area (Å²) in [6.07, 6.45) is 3.09. The summed E-state index contributed by atoms with van der Waals surface area (Å²) in [5.41, 5.74) is 1.68. The smallest absolute Gasteiger partial charge is 0.158 e. The molecule has 0 saturated carbocycles. The van der Waals surface area contributed by atoms with Crippen molar-refractivity contribution in [3.05, 3.63) is 35.1 Å². The van der Waals surface area contributed by atoms with E-state index in [9.17, 15) is 4.39 Å². The van der Waals surface area contributed by atoms with Gasteiger partial charge >= 0.3 is 0 Å². The first kappa shape index (κ1) is 13.1. The molecule has 1 atom stereocenters. The van der Waals surface area contributed by atoms with Crippen molar-refractivity contribution in [1.82, 2.24) is 0 Å². The van der Waals surface area contributed by atoms with Gasteiger partial charge in [0, 0.05) is 12.2 Å². The molecule has 2 nitrogen and oxygen atoms in total. The van der Waals surface area contributed by atoms with Gasteiger partial charge in [0.05, 0.1) is 0 Å². The summed E-state index contributed by atoms with van der Waals surface area (Å²) in [6, 6.07) is 4.59. The fraction of sp³-hybridized carbons (Fsp3) is 0.467.